The highest BCUT2D eigenvalue weighted by molar-refractivity contribution is 9.09. The van der Waals surface area contributed by atoms with E-state index in [0.717, 1.165) is 21.9 Å². The monoisotopic (exact) mass is 324 g/mol. The molecule has 0 spiro atoms. The minimum Gasteiger partial charge on any atom is -0.496 e. The number of aryl methyl sites for hydroxylation is 1. The van der Waals surface area contributed by atoms with Crippen LogP contribution >= 0.6 is 27.5 Å². The zero-order chi connectivity index (χ0) is 13.1. The Bertz CT molecular complexity index is 554. The predicted molar refractivity (Wildman–Crippen MR) is 80.0 cm³/mol. The third-order valence-corrected chi connectivity index (χ3v) is 4.17. The van der Waals surface area contributed by atoms with Crippen molar-refractivity contribution in [1.29, 1.82) is 0 Å². The average Bonchev–Trinajstić information content (AvgIpc) is 2.38. The first-order chi connectivity index (χ1) is 8.63. The Hall–Kier alpha value is -0.990. The number of halogens is 2. The average molecular weight is 326 g/mol. The van der Waals surface area contributed by atoms with E-state index in [2.05, 4.69) is 28.9 Å². The van der Waals surface area contributed by atoms with Gasteiger partial charge in [0, 0.05) is 10.6 Å². The quantitative estimate of drug-likeness (QED) is 0.710. The molecular weight excluding hydrogens is 312 g/mol. The van der Waals surface area contributed by atoms with Crippen molar-refractivity contribution in [1.82, 2.24) is 0 Å². The van der Waals surface area contributed by atoms with Gasteiger partial charge in [0.15, 0.2) is 0 Å². The number of hydrogen-bond acceptors (Lipinski definition) is 1. The van der Waals surface area contributed by atoms with E-state index in [1.165, 1.54) is 5.56 Å². The molecule has 1 nitrogen and oxygen atoms in total. The maximum absolute atomic E-state index is 6.23. The molecule has 0 radical (unpaired) electrons. The molecule has 0 bridgehead atoms. The lowest BCUT2D eigenvalue weighted by molar-refractivity contribution is 0.410. The molecule has 2 aromatic carbocycles. The maximum Gasteiger partial charge on any atom is 0.123 e. The first-order valence-electron chi connectivity index (χ1n) is 5.66. The summed E-state index contributed by atoms with van der Waals surface area (Å²) >= 11 is 9.94. The molecule has 18 heavy (non-hydrogen) atoms. The van der Waals surface area contributed by atoms with Crippen LogP contribution in [0.4, 0.5) is 0 Å². The Morgan fingerprint density at radius 1 is 1.11 bits per heavy atom. The normalized spacial score (nSPS) is 12.2. The zero-order valence-corrected chi connectivity index (χ0v) is 12.6. The third-order valence-electron chi connectivity index (χ3n) is 2.84. The van der Waals surface area contributed by atoms with E-state index in [9.17, 15) is 0 Å². The van der Waals surface area contributed by atoms with Crippen molar-refractivity contribution in [2.45, 2.75) is 11.8 Å². The highest BCUT2D eigenvalue weighted by Crippen LogP contribution is 2.39. The van der Waals surface area contributed by atoms with Crippen LogP contribution in [0.15, 0.2) is 42.5 Å². The van der Waals surface area contributed by atoms with E-state index in [1.807, 2.05) is 36.4 Å². The summed E-state index contributed by atoms with van der Waals surface area (Å²) in [4.78, 5) is 0.0287. The van der Waals surface area contributed by atoms with Gasteiger partial charge in [0.05, 0.1) is 11.9 Å². The molecule has 2 aromatic rings. The molecule has 0 aromatic heterocycles. The minimum atomic E-state index is 0.0287. The number of ether oxygens (including phenoxy) is 1. The van der Waals surface area contributed by atoms with Gasteiger partial charge in [0.2, 0.25) is 0 Å². The van der Waals surface area contributed by atoms with Crippen LogP contribution in [0.25, 0.3) is 0 Å². The van der Waals surface area contributed by atoms with E-state index < -0.39 is 0 Å². The van der Waals surface area contributed by atoms with Crippen molar-refractivity contribution < 1.29 is 4.74 Å². The third kappa shape index (κ3) is 2.70. The van der Waals surface area contributed by atoms with Gasteiger partial charge in [-0.05, 0) is 24.6 Å². The number of alkyl halides is 1. The van der Waals surface area contributed by atoms with Crippen LogP contribution < -0.4 is 4.74 Å². The Morgan fingerprint density at radius 2 is 1.83 bits per heavy atom. The molecule has 2 rings (SSSR count). The summed E-state index contributed by atoms with van der Waals surface area (Å²) in [6.07, 6.45) is 0. The maximum atomic E-state index is 6.23. The molecule has 0 aliphatic carbocycles. The minimum absolute atomic E-state index is 0.0287. The van der Waals surface area contributed by atoms with Crippen LogP contribution in [0.5, 0.6) is 5.75 Å². The van der Waals surface area contributed by atoms with Gasteiger partial charge in [0.25, 0.3) is 0 Å². The molecule has 0 heterocycles. The van der Waals surface area contributed by atoms with Gasteiger partial charge in [-0.25, -0.2) is 0 Å². The van der Waals surface area contributed by atoms with E-state index in [1.54, 1.807) is 7.11 Å². The molecule has 0 aliphatic heterocycles. The summed E-state index contributed by atoms with van der Waals surface area (Å²) in [5, 5.41) is 0.753. The van der Waals surface area contributed by atoms with Gasteiger partial charge in [-0.2, -0.15) is 0 Å². The van der Waals surface area contributed by atoms with Crippen molar-refractivity contribution in [3.63, 3.8) is 0 Å². The number of rotatable bonds is 3. The topological polar surface area (TPSA) is 9.23 Å². The molecule has 1 atom stereocenters. The van der Waals surface area contributed by atoms with Gasteiger partial charge in [-0.3, -0.25) is 0 Å². The smallest absolute Gasteiger partial charge is 0.123 e. The fraction of sp³-hybridized carbons (Fsp3) is 0.200. The second-order valence-corrected chi connectivity index (χ2v) is 5.45. The second kappa shape index (κ2) is 5.77. The Labute approximate surface area is 121 Å². The first-order valence-corrected chi connectivity index (χ1v) is 6.96. The van der Waals surface area contributed by atoms with Gasteiger partial charge >= 0.3 is 0 Å². The molecule has 3 heteroatoms. The van der Waals surface area contributed by atoms with Gasteiger partial charge < -0.3 is 4.74 Å². The summed E-state index contributed by atoms with van der Waals surface area (Å²) in [6.45, 7) is 2.06. The van der Waals surface area contributed by atoms with Gasteiger partial charge in [-0.15, -0.1) is 0 Å². The van der Waals surface area contributed by atoms with Crippen LogP contribution in [-0.4, -0.2) is 7.11 Å². The van der Waals surface area contributed by atoms with E-state index >= 15 is 0 Å². The fourth-order valence-corrected chi connectivity index (χ4v) is 3.03. The van der Waals surface area contributed by atoms with E-state index in [-0.39, 0.29) is 4.83 Å². The first kappa shape index (κ1) is 13.4. The number of methoxy groups -OCH3 is 1. The molecule has 94 valence electrons. The number of hydrogen-bond donors (Lipinski definition) is 0. The van der Waals surface area contributed by atoms with E-state index in [4.69, 9.17) is 16.3 Å². The van der Waals surface area contributed by atoms with Crippen LogP contribution in [0.2, 0.25) is 5.02 Å². The lowest BCUT2D eigenvalue weighted by Gasteiger charge is -2.16. The van der Waals surface area contributed by atoms with Crippen LogP contribution in [0.3, 0.4) is 0 Å². The van der Waals surface area contributed by atoms with Gasteiger partial charge in [0.1, 0.15) is 5.75 Å². The Balaban J connectivity index is 2.48. The second-order valence-electron chi connectivity index (χ2n) is 4.13. The van der Waals surface area contributed by atoms with Crippen molar-refractivity contribution >= 4 is 27.5 Å². The van der Waals surface area contributed by atoms with Crippen molar-refractivity contribution in [2.75, 3.05) is 7.11 Å². The van der Waals surface area contributed by atoms with Crippen molar-refractivity contribution in [3.05, 3.63) is 64.2 Å². The molecular formula is C15H14BrClO. The largest absolute Gasteiger partial charge is 0.496 e. The predicted octanol–water partition coefficient (Wildman–Crippen LogP) is 5.14. The van der Waals surface area contributed by atoms with Gasteiger partial charge in [-0.1, -0.05) is 63.4 Å². The summed E-state index contributed by atoms with van der Waals surface area (Å²) < 4.78 is 5.41. The highest BCUT2D eigenvalue weighted by atomic mass is 79.9. The SMILES string of the molecule is COc1ccc(C)cc1C(Br)c1ccccc1Cl. The van der Waals surface area contributed by atoms with Crippen molar-refractivity contribution in [2.24, 2.45) is 0 Å². The fourth-order valence-electron chi connectivity index (χ4n) is 1.90. The van der Waals surface area contributed by atoms with Crippen LogP contribution in [-0.2, 0) is 0 Å². The van der Waals surface area contributed by atoms with Crippen LogP contribution in [0.1, 0.15) is 21.5 Å². The highest BCUT2D eigenvalue weighted by Gasteiger charge is 2.17. The summed E-state index contributed by atoms with van der Waals surface area (Å²) in [5.41, 5.74) is 3.33. The summed E-state index contributed by atoms with van der Waals surface area (Å²) in [6, 6.07) is 14.0. The van der Waals surface area contributed by atoms with Crippen molar-refractivity contribution in [3.8, 4) is 5.75 Å². The number of benzene rings is 2. The Kier molecular flexibility index (Phi) is 4.31. The molecule has 0 fully saturated rings. The Morgan fingerprint density at radius 3 is 2.50 bits per heavy atom. The lowest BCUT2D eigenvalue weighted by atomic mass is 10.0. The summed E-state index contributed by atoms with van der Waals surface area (Å²) in [7, 11) is 1.68. The lowest BCUT2D eigenvalue weighted by Crippen LogP contribution is -1.98. The summed E-state index contributed by atoms with van der Waals surface area (Å²) in [5.74, 6) is 0.863. The van der Waals surface area contributed by atoms with E-state index in [0.29, 0.717) is 0 Å². The molecule has 0 saturated heterocycles. The molecule has 0 aliphatic rings. The zero-order valence-electron chi connectivity index (χ0n) is 10.3. The molecule has 0 amide bonds. The van der Waals surface area contributed by atoms with Crippen LogP contribution in [0, 0.1) is 6.92 Å². The molecule has 1 unspecified atom stereocenters. The standard InChI is InChI=1S/C15H14BrClO/c1-10-7-8-14(18-2)12(9-10)15(16)11-5-3-4-6-13(11)17/h3-9,15H,1-2H3. The molecule has 0 saturated carbocycles. The molecule has 0 N–H and O–H groups in total.